The molecule has 0 aliphatic heterocycles. The van der Waals surface area contributed by atoms with Crippen molar-refractivity contribution in [3.63, 3.8) is 0 Å². The number of aliphatic hydroxyl groups excluding tert-OH is 1. The minimum Gasteiger partial charge on any atom is -0.382 e. The van der Waals surface area contributed by atoms with Gasteiger partial charge in [-0.15, -0.1) is 0 Å². The van der Waals surface area contributed by atoms with Crippen LogP contribution in [0.5, 0.6) is 0 Å². The third kappa shape index (κ3) is 2.67. The Hall–Kier alpha value is -1.15. The van der Waals surface area contributed by atoms with E-state index in [-0.39, 0.29) is 12.4 Å². The van der Waals surface area contributed by atoms with Crippen LogP contribution in [0.25, 0.3) is 0 Å². The fraction of sp³-hybridized carbons (Fsp3) is 0.667. The number of nitrogens with zero attached hydrogens (tertiary/aromatic N) is 3. The maximum absolute atomic E-state index is 11.9. The Labute approximate surface area is 77.3 Å². The van der Waals surface area contributed by atoms with Crippen LogP contribution in [0.1, 0.15) is 5.82 Å². The van der Waals surface area contributed by atoms with Gasteiger partial charge in [-0.3, -0.25) is 0 Å². The minimum absolute atomic E-state index is 0.0507. The average Bonchev–Trinajstić information content (AvgIpc) is 2.50. The van der Waals surface area contributed by atoms with Gasteiger partial charge in [-0.2, -0.15) is 18.3 Å². The number of alkyl halides is 3. The van der Waals surface area contributed by atoms with Crippen molar-refractivity contribution in [3.05, 3.63) is 12.2 Å². The monoisotopic (exact) mass is 210 g/mol. The van der Waals surface area contributed by atoms with Crippen molar-refractivity contribution in [2.24, 2.45) is 5.73 Å². The molecule has 0 fully saturated rings. The molecular formula is C6H9F3N4O. The van der Waals surface area contributed by atoms with E-state index in [1.807, 2.05) is 0 Å². The molecule has 3 N–H and O–H groups in total. The van der Waals surface area contributed by atoms with Crippen molar-refractivity contribution in [3.8, 4) is 0 Å². The zero-order valence-electron chi connectivity index (χ0n) is 7.07. The highest BCUT2D eigenvalue weighted by Gasteiger charge is 2.38. The minimum atomic E-state index is -4.64. The lowest BCUT2D eigenvalue weighted by Crippen LogP contribution is -2.33. The second kappa shape index (κ2) is 3.93. The molecule has 0 aliphatic carbocycles. The number of aliphatic hydroxyl groups is 1. The Bertz CT molecular complexity index is 298. The van der Waals surface area contributed by atoms with Crippen molar-refractivity contribution in [2.75, 3.05) is 0 Å². The van der Waals surface area contributed by atoms with Crippen LogP contribution < -0.4 is 5.73 Å². The predicted molar refractivity (Wildman–Crippen MR) is 40.0 cm³/mol. The molecule has 0 spiro atoms. The summed E-state index contributed by atoms with van der Waals surface area (Å²) in [5.41, 5.74) is 5.16. The summed E-state index contributed by atoms with van der Waals surface area (Å²) in [4.78, 5) is 3.62. The van der Waals surface area contributed by atoms with E-state index in [9.17, 15) is 13.2 Å². The SMILES string of the molecule is NCc1ncn(CC(O)C(F)(F)F)n1. The fourth-order valence-electron chi connectivity index (χ4n) is 0.795. The Kier molecular flexibility index (Phi) is 3.06. The molecule has 0 saturated heterocycles. The first kappa shape index (κ1) is 10.9. The molecule has 1 aromatic heterocycles. The molecule has 0 aromatic carbocycles. The molecule has 0 bridgehead atoms. The summed E-state index contributed by atoms with van der Waals surface area (Å²) in [7, 11) is 0. The van der Waals surface area contributed by atoms with Crippen molar-refractivity contribution in [1.82, 2.24) is 14.8 Å². The van der Waals surface area contributed by atoms with Gasteiger partial charge < -0.3 is 10.8 Å². The van der Waals surface area contributed by atoms with Gasteiger partial charge >= 0.3 is 6.18 Å². The van der Waals surface area contributed by atoms with Gasteiger partial charge in [-0.25, -0.2) is 9.67 Å². The van der Waals surface area contributed by atoms with Gasteiger partial charge in [0.2, 0.25) is 0 Å². The number of halogens is 3. The number of hydrogen-bond acceptors (Lipinski definition) is 4. The van der Waals surface area contributed by atoms with Gasteiger partial charge in [0, 0.05) is 0 Å². The largest absolute Gasteiger partial charge is 0.416 e. The lowest BCUT2D eigenvalue weighted by Gasteiger charge is -2.13. The molecule has 1 rings (SSSR count). The summed E-state index contributed by atoms with van der Waals surface area (Å²) >= 11 is 0. The standard InChI is InChI=1S/C6H9F3N4O/c7-6(8,9)4(14)2-13-3-11-5(1-10)12-13/h3-4,14H,1-2,10H2. The summed E-state index contributed by atoms with van der Waals surface area (Å²) < 4.78 is 36.6. The first-order valence-electron chi connectivity index (χ1n) is 3.76. The number of rotatable bonds is 3. The van der Waals surface area contributed by atoms with Crippen LogP contribution in [0.3, 0.4) is 0 Å². The van der Waals surface area contributed by atoms with Crippen LogP contribution in [0.15, 0.2) is 6.33 Å². The van der Waals surface area contributed by atoms with Crippen LogP contribution in [0.2, 0.25) is 0 Å². The number of hydrogen-bond donors (Lipinski definition) is 2. The van der Waals surface area contributed by atoms with Crippen LogP contribution in [-0.4, -0.2) is 32.2 Å². The molecule has 0 amide bonds. The van der Waals surface area contributed by atoms with Gasteiger partial charge in [0.1, 0.15) is 6.33 Å². The highest BCUT2D eigenvalue weighted by molar-refractivity contribution is 4.80. The predicted octanol–water partition coefficient (Wildman–Crippen LogP) is -0.340. The summed E-state index contributed by atoms with van der Waals surface area (Å²) in [6.07, 6.45) is -5.98. The molecule has 0 saturated carbocycles. The molecule has 1 aromatic rings. The van der Waals surface area contributed by atoms with E-state index in [2.05, 4.69) is 10.1 Å². The lowest BCUT2D eigenvalue weighted by atomic mass is 10.3. The molecule has 1 heterocycles. The van der Waals surface area contributed by atoms with E-state index in [4.69, 9.17) is 10.8 Å². The third-order valence-electron chi connectivity index (χ3n) is 1.50. The summed E-state index contributed by atoms with van der Waals surface area (Å²) in [5, 5.41) is 12.3. The average molecular weight is 210 g/mol. The quantitative estimate of drug-likeness (QED) is 0.715. The first-order valence-corrected chi connectivity index (χ1v) is 3.76. The van der Waals surface area contributed by atoms with E-state index < -0.39 is 18.8 Å². The molecule has 0 aliphatic rings. The van der Waals surface area contributed by atoms with Gasteiger partial charge in [0.15, 0.2) is 11.9 Å². The van der Waals surface area contributed by atoms with Crippen molar-refractivity contribution in [2.45, 2.75) is 25.4 Å². The fourth-order valence-corrected chi connectivity index (χ4v) is 0.795. The lowest BCUT2D eigenvalue weighted by molar-refractivity contribution is -0.208. The van der Waals surface area contributed by atoms with Crippen molar-refractivity contribution in [1.29, 1.82) is 0 Å². The Morgan fingerprint density at radius 2 is 2.21 bits per heavy atom. The number of aromatic nitrogens is 3. The molecule has 1 unspecified atom stereocenters. The van der Waals surface area contributed by atoms with E-state index in [0.29, 0.717) is 0 Å². The van der Waals surface area contributed by atoms with Gasteiger partial charge in [-0.1, -0.05) is 0 Å². The van der Waals surface area contributed by atoms with Gasteiger partial charge in [0.25, 0.3) is 0 Å². The second-order valence-electron chi connectivity index (χ2n) is 2.64. The molecule has 80 valence electrons. The maximum Gasteiger partial charge on any atom is 0.416 e. The zero-order chi connectivity index (χ0) is 10.8. The maximum atomic E-state index is 11.9. The summed E-state index contributed by atoms with van der Waals surface area (Å²) in [6.45, 7) is -0.619. The second-order valence-corrected chi connectivity index (χ2v) is 2.64. The molecule has 5 nitrogen and oxygen atoms in total. The topological polar surface area (TPSA) is 77.0 Å². The van der Waals surface area contributed by atoms with Gasteiger partial charge in [-0.05, 0) is 0 Å². The Morgan fingerprint density at radius 1 is 1.57 bits per heavy atom. The van der Waals surface area contributed by atoms with Gasteiger partial charge in [0.05, 0.1) is 13.1 Å². The molecule has 0 radical (unpaired) electrons. The van der Waals surface area contributed by atoms with Crippen LogP contribution in [-0.2, 0) is 13.1 Å². The summed E-state index contributed by atoms with van der Waals surface area (Å²) in [6, 6.07) is 0. The smallest absolute Gasteiger partial charge is 0.382 e. The highest BCUT2D eigenvalue weighted by Crippen LogP contribution is 2.20. The number of nitrogens with two attached hydrogens (primary N) is 1. The highest BCUT2D eigenvalue weighted by atomic mass is 19.4. The molecule has 14 heavy (non-hydrogen) atoms. The van der Waals surface area contributed by atoms with E-state index in [0.717, 1.165) is 11.0 Å². The molecule has 1 atom stereocenters. The Morgan fingerprint density at radius 3 is 2.64 bits per heavy atom. The van der Waals surface area contributed by atoms with Crippen molar-refractivity contribution >= 4 is 0 Å². The molecule has 8 heteroatoms. The van der Waals surface area contributed by atoms with E-state index in [1.54, 1.807) is 0 Å². The van der Waals surface area contributed by atoms with E-state index in [1.165, 1.54) is 0 Å². The third-order valence-corrected chi connectivity index (χ3v) is 1.50. The van der Waals surface area contributed by atoms with Crippen LogP contribution >= 0.6 is 0 Å². The van der Waals surface area contributed by atoms with E-state index >= 15 is 0 Å². The zero-order valence-corrected chi connectivity index (χ0v) is 7.07. The van der Waals surface area contributed by atoms with Crippen molar-refractivity contribution < 1.29 is 18.3 Å². The first-order chi connectivity index (χ1) is 6.43. The molecular weight excluding hydrogens is 201 g/mol. The Balaban J connectivity index is 2.60. The van der Waals surface area contributed by atoms with Crippen LogP contribution in [0, 0.1) is 0 Å². The summed E-state index contributed by atoms with van der Waals surface area (Å²) in [5.74, 6) is 0.236. The normalized spacial score (nSPS) is 14.4. The van der Waals surface area contributed by atoms with Crippen LogP contribution in [0.4, 0.5) is 13.2 Å².